The van der Waals surface area contributed by atoms with Crippen molar-refractivity contribution in [2.75, 3.05) is 32.2 Å². The van der Waals surface area contributed by atoms with E-state index in [0.29, 0.717) is 35.0 Å². The molecule has 5 N–H and O–H groups in total. The molecule has 3 atom stereocenters. The topological polar surface area (TPSA) is 226 Å². The van der Waals surface area contributed by atoms with E-state index < -0.39 is 54.6 Å². The Morgan fingerprint density at radius 2 is 1.76 bits per heavy atom. The van der Waals surface area contributed by atoms with E-state index in [-0.39, 0.29) is 47.1 Å². The van der Waals surface area contributed by atoms with Crippen LogP contribution in [-0.2, 0) is 28.4 Å². The van der Waals surface area contributed by atoms with E-state index in [9.17, 15) is 24.3 Å². The molecular formula is C41H49N5O12. The highest BCUT2D eigenvalue weighted by Gasteiger charge is 2.33. The third kappa shape index (κ3) is 11.8. The van der Waals surface area contributed by atoms with Gasteiger partial charge in [0.25, 0.3) is 5.91 Å². The first-order valence-corrected chi connectivity index (χ1v) is 18.7. The summed E-state index contributed by atoms with van der Waals surface area (Å²) >= 11 is 0. The number of aliphatic hydroxyl groups excluding tert-OH is 1. The fourth-order valence-electron chi connectivity index (χ4n) is 5.78. The summed E-state index contributed by atoms with van der Waals surface area (Å²) in [6.07, 6.45) is -1.83. The van der Waals surface area contributed by atoms with Crippen molar-refractivity contribution in [3.05, 3.63) is 83.2 Å². The molecule has 1 aliphatic carbocycles. The van der Waals surface area contributed by atoms with Crippen LogP contribution >= 0.6 is 0 Å². The number of anilines is 1. The molecule has 17 heteroatoms. The van der Waals surface area contributed by atoms with Crippen LogP contribution in [0.2, 0.25) is 0 Å². The van der Waals surface area contributed by atoms with Gasteiger partial charge in [0.05, 0.1) is 25.5 Å². The first-order chi connectivity index (χ1) is 27.5. The van der Waals surface area contributed by atoms with Crippen LogP contribution in [0.3, 0.4) is 0 Å². The van der Waals surface area contributed by atoms with Gasteiger partial charge < -0.3 is 43.6 Å². The third-order valence-corrected chi connectivity index (χ3v) is 8.80. The molecule has 310 valence electrons. The largest absolute Gasteiger partial charge is 0.511 e. The van der Waals surface area contributed by atoms with Gasteiger partial charge in [-0.05, 0) is 95.0 Å². The van der Waals surface area contributed by atoms with Crippen molar-refractivity contribution in [2.45, 2.75) is 78.0 Å². The van der Waals surface area contributed by atoms with Crippen molar-refractivity contribution in [2.24, 2.45) is 5.92 Å². The lowest BCUT2D eigenvalue weighted by Crippen LogP contribution is -2.34. The predicted molar refractivity (Wildman–Crippen MR) is 210 cm³/mol. The number of ether oxygens (including phenoxy) is 7. The van der Waals surface area contributed by atoms with Gasteiger partial charge in [0.1, 0.15) is 30.5 Å². The van der Waals surface area contributed by atoms with Gasteiger partial charge in [-0.25, -0.2) is 19.4 Å². The monoisotopic (exact) mass is 803 g/mol. The lowest BCUT2D eigenvalue weighted by molar-refractivity contribution is -0.142. The van der Waals surface area contributed by atoms with E-state index in [1.165, 1.54) is 50.4 Å². The fourth-order valence-corrected chi connectivity index (χ4v) is 5.78. The van der Waals surface area contributed by atoms with Gasteiger partial charge in [0, 0.05) is 47.0 Å². The highest BCUT2D eigenvalue weighted by molar-refractivity contribution is 6.11. The number of carbonyl (C=O) groups excluding carboxylic acids is 4. The summed E-state index contributed by atoms with van der Waals surface area (Å²) in [7, 11) is 1.44. The summed E-state index contributed by atoms with van der Waals surface area (Å²) in [5, 5.41) is 27.5. The molecule has 1 saturated carbocycles. The summed E-state index contributed by atoms with van der Waals surface area (Å²) < 4.78 is 37.4. The molecule has 3 aromatic rings. The standard InChI is InChI=1S/C41H49N5O12/c1-8-25-17-31(36(47)44-27-13-11-26(12-14-27)35(42)46-39(50)53-20-28-21-54-41(5,6)58-28)30(18-33(25)52-7)29-15-16-32(37(48)43-19-24-9-10-24)45-34(29)38(49)56-23(4)57-40(51)55-22(2)3/h8,11-18,22-24,28,37,43,48H,1,9-10,19-21H2,2-7H3,(H,44,47)(H2,42,46,50). The molecule has 0 spiro atoms. The molecule has 0 radical (unpaired) electrons. The number of aliphatic hydroxyl groups is 1. The minimum atomic E-state index is -1.39. The fraction of sp³-hybridized carbons (Fsp3) is 0.415. The molecule has 58 heavy (non-hydrogen) atoms. The van der Waals surface area contributed by atoms with Crippen molar-refractivity contribution >= 4 is 41.7 Å². The first-order valence-electron chi connectivity index (χ1n) is 18.7. The number of carbonyl (C=O) groups is 4. The van der Waals surface area contributed by atoms with Crippen molar-refractivity contribution in [1.82, 2.24) is 15.6 Å². The van der Waals surface area contributed by atoms with Crippen LogP contribution in [0.5, 0.6) is 5.75 Å². The summed E-state index contributed by atoms with van der Waals surface area (Å²) in [6.45, 7) is 12.7. The maximum atomic E-state index is 14.1. The van der Waals surface area contributed by atoms with Gasteiger partial charge in [-0.15, -0.1) is 0 Å². The maximum Gasteiger partial charge on any atom is 0.511 e. The van der Waals surface area contributed by atoms with Crippen molar-refractivity contribution in [3.8, 4) is 16.9 Å². The van der Waals surface area contributed by atoms with Crippen molar-refractivity contribution < 1.29 is 57.4 Å². The number of rotatable bonds is 16. The van der Waals surface area contributed by atoms with Crippen LogP contribution in [0.4, 0.5) is 15.3 Å². The number of amidine groups is 1. The minimum absolute atomic E-state index is 0.0563. The van der Waals surface area contributed by atoms with Crippen LogP contribution < -0.4 is 20.7 Å². The Kier molecular flexibility index (Phi) is 14.2. The normalized spacial score (nSPS) is 16.7. The van der Waals surface area contributed by atoms with Gasteiger partial charge in [0.2, 0.25) is 6.29 Å². The van der Waals surface area contributed by atoms with Gasteiger partial charge in [-0.2, -0.15) is 0 Å². The van der Waals surface area contributed by atoms with E-state index in [2.05, 4.69) is 27.5 Å². The van der Waals surface area contributed by atoms with Gasteiger partial charge >= 0.3 is 18.2 Å². The first kappa shape index (κ1) is 43.2. The number of alkyl carbamates (subject to hydrolysis) is 1. The second-order valence-electron chi connectivity index (χ2n) is 14.3. The molecule has 3 unspecified atom stereocenters. The van der Waals surface area contributed by atoms with Crippen molar-refractivity contribution in [3.63, 3.8) is 0 Å². The highest BCUT2D eigenvalue weighted by Crippen LogP contribution is 2.35. The number of nitrogens with one attached hydrogen (secondary N) is 4. The van der Waals surface area contributed by atoms with E-state index in [1.54, 1.807) is 45.9 Å². The molecule has 0 bridgehead atoms. The van der Waals surface area contributed by atoms with Crippen LogP contribution in [0, 0.1) is 11.3 Å². The van der Waals surface area contributed by atoms with Crippen LogP contribution in [0.25, 0.3) is 17.2 Å². The SMILES string of the molecule is C=Cc1cc(C(=O)Nc2ccc(C(=N)NC(=O)OCC3COC(C)(C)O3)cc2)c(-c2ccc(C(O)NCC3CC3)nc2C(=O)OC(C)OC(=O)OC(C)C)cc1OC. The average Bonchev–Trinajstić information content (AvgIpc) is 3.95. The molecule has 2 heterocycles. The number of methoxy groups -OCH3 is 1. The molecule has 2 amide bonds. The maximum absolute atomic E-state index is 14.1. The van der Waals surface area contributed by atoms with Crippen LogP contribution in [0.15, 0.2) is 55.1 Å². The smallest absolute Gasteiger partial charge is 0.496 e. The molecule has 1 aromatic heterocycles. The Morgan fingerprint density at radius 1 is 1.03 bits per heavy atom. The van der Waals surface area contributed by atoms with Gasteiger partial charge in [-0.1, -0.05) is 12.7 Å². The van der Waals surface area contributed by atoms with Gasteiger partial charge in [0.15, 0.2) is 11.5 Å². The molecule has 2 aromatic carbocycles. The number of pyridine rings is 1. The number of amides is 2. The molecular weight excluding hydrogens is 754 g/mol. The molecule has 5 rings (SSSR count). The number of aromatic nitrogens is 1. The second-order valence-corrected chi connectivity index (χ2v) is 14.3. The molecule has 1 aliphatic heterocycles. The summed E-state index contributed by atoms with van der Waals surface area (Å²) in [4.78, 5) is 56.8. The lowest BCUT2D eigenvalue weighted by atomic mass is 9.94. The highest BCUT2D eigenvalue weighted by atomic mass is 16.8. The lowest BCUT2D eigenvalue weighted by Gasteiger charge is -2.20. The van der Waals surface area contributed by atoms with Gasteiger partial charge in [-0.3, -0.25) is 20.8 Å². The molecule has 2 aliphatic rings. The molecule has 1 saturated heterocycles. The average molecular weight is 804 g/mol. The Hall–Kier alpha value is -5.88. The predicted octanol–water partition coefficient (Wildman–Crippen LogP) is 5.91. The Labute approximate surface area is 335 Å². The summed E-state index contributed by atoms with van der Waals surface area (Å²) in [5.41, 5.74) is 1.38. The van der Waals surface area contributed by atoms with Crippen molar-refractivity contribution in [1.29, 1.82) is 5.41 Å². The quantitative estimate of drug-likeness (QED) is 0.0373. The minimum Gasteiger partial charge on any atom is -0.496 e. The van der Waals surface area contributed by atoms with Crippen LogP contribution in [0.1, 0.15) is 91.4 Å². The Balaban J connectivity index is 1.39. The number of hydrogen-bond donors (Lipinski definition) is 5. The van der Waals surface area contributed by atoms with E-state index in [4.69, 9.17) is 38.6 Å². The molecule has 2 fully saturated rings. The number of esters is 1. The number of hydrogen-bond acceptors (Lipinski definition) is 15. The van der Waals surface area contributed by atoms with Crippen LogP contribution in [-0.4, -0.2) is 91.2 Å². The van der Waals surface area contributed by atoms with E-state index >= 15 is 0 Å². The molecule has 17 nitrogen and oxygen atoms in total. The Bertz CT molecular complexity index is 2010. The summed E-state index contributed by atoms with van der Waals surface area (Å²) in [6, 6.07) is 12.2. The van der Waals surface area contributed by atoms with E-state index in [1.807, 2.05) is 0 Å². The Morgan fingerprint density at radius 3 is 2.38 bits per heavy atom. The number of benzene rings is 2. The zero-order chi connectivity index (χ0) is 42.1. The third-order valence-electron chi connectivity index (χ3n) is 8.80. The second kappa shape index (κ2) is 19.0. The zero-order valence-electron chi connectivity index (χ0n) is 33.2. The summed E-state index contributed by atoms with van der Waals surface area (Å²) in [5.74, 6) is -1.86. The number of nitrogens with zero attached hydrogens (tertiary/aromatic N) is 1. The zero-order valence-corrected chi connectivity index (χ0v) is 33.2. The van der Waals surface area contributed by atoms with E-state index in [0.717, 1.165) is 12.8 Å².